The number of carbonyl (C=O) groups excluding carboxylic acids is 2. The summed E-state index contributed by atoms with van der Waals surface area (Å²) in [5.74, 6) is -1.35. The number of benzene rings is 3. The lowest BCUT2D eigenvalue weighted by atomic mass is 10.1. The summed E-state index contributed by atoms with van der Waals surface area (Å²) in [5.41, 5.74) is 2.07. The van der Waals surface area contributed by atoms with Crippen molar-refractivity contribution in [1.29, 1.82) is 0 Å². The molecule has 7 nitrogen and oxygen atoms in total. The van der Waals surface area contributed by atoms with Crippen LogP contribution in [0.3, 0.4) is 0 Å². The smallest absolute Gasteiger partial charge is 0.335 e. The van der Waals surface area contributed by atoms with Crippen molar-refractivity contribution < 1.29 is 28.6 Å². The number of hydrogen-bond acceptors (Lipinski definition) is 4. The maximum Gasteiger partial charge on any atom is 0.335 e. The van der Waals surface area contributed by atoms with Gasteiger partial charge < -0.3 is 15.2 Å². The Morgan fingerprint density at radius 3 is 2.34 bits per heavy atom. The molecule has 0 atom stereocenters. The van der Waals surface area contributed by atoms with Crippen LogP contribution in [0.2, 0.25) is 0 Å². The SMILES string of the molecule is O=C(O)c1ccc(COc2c(I)cc(/C=C3/NC(=O)N(Cc4ccccc4F)C3=O)cc2I)cc1. The van der Waals surface area contributed by atoms with E-state index in [1.165, 1.54) is 24.3 Å². The first kappa shape index (κ1) is 25.1. The minimum Gasteiger partial charge on any atom is -0.487 e. The van der Waals surface area contributed by atoms with E-state index in [-0.39, 0.29) is 30.0 Å². The summed E-state index contributed by atoms with van der Waals surface area (Å²) in [6.45, 7) is 0.0931. The molecule has 10 heteroatoms. The molecule has 1 heterocycles. The molecule has 0 aromatic heterocycles. The number of carboxylic acid groups (broad SMARTS) is 1. The summed E-state index contributed by atoms with van der Waals surface area (Å²) < 4.78 is 21.5. The first-order valence-corrected chi connectivity index (χ1v) is 12.4. The number of carboxylic acids is 1. The molecule has 1 fully saturated rings. The Morgan fingerprint density at radius 1 is 1.06 bits per heavy atom. The number of hydrogen-bond donors (Lipinski definition) is 2. The highest BCUT2D eigenvalue weighted by Gasteiger charge is 2.34. The Hall–Kier alpha value is -3.00. The third-order valence-corrected chi connectivity index (χ3v) is 6.77. The fourth-order valence-corrected chi connectivity index (χ4v) is 5.51. The molecular formula is C25H17FI2N2O5. The van der Waals surface area contributed by atoms with Crippen LogP contribution in [0, 0.1) is 13.0 Å². The molecule has 1 aliphatic rings. The quantitative estimate of drug-likeness (QED) is 0.196. The first-order chi connectivity index (χ1) is 16.7. The number of nitrogens with zero attached hydrogens (tertiary/aromatic N) is 1. The van der Waals surface area contributed by atoms with Crippen molar-refractivity contribution in [3.05, 3.63) is 102 Å². The number of carbonyl (C=O) groups is 3. The van der Waals surface area contributed by atoms with E-state index in [1.807, 2.05) is 12.1 Å². The van der Waals surface area contributed by atoms with Gasteiger partial charge in [0.15, 0.2) is 0 Å². The van der Waals surface area contributed by atoms with Crippen LogP contribution in [0.1, 0.15) is 27.0 Å². The number of aromatic carboxylic acids is 1. The fourth-order valence-electron chi connectivity index (χ4n) is 3.38. The van der Waals surface area contributed by atoms with Crippen molar-refractivity contribution >= 4 is 69.2 Å². The normalized spacial score (nSPS) is 14.4. The van der Waals surface area contributed by atoms with Crippen molar-refractivity contribution in [1.82, 2.24) is 10.2 Å². The molecule has 1 aliphatic heterocycles. The van der Waals surface area contributed by atoms with Gasteiger partial charge in [0.1, 0.15) is 23.9 Å². The van der Waals surface area contributed by atoms with Crippen LogP contribution in [0.15, 0.2) is 66.4 Å². The molecule has 0 bridgehead atoms. The molecule has 1 saturated heterocycles. The van der Waals surface area contributed by atoms with E-state index in [0.717, 1.165) is 17.6 Å². The number of halogens is 3. The number of imide groups is 1. The van der Waals surface area contributed by atoms with Crippen molar-refractivity contribution in [2.45, 2.75) is 13.2 Å². The Bertz CT molecular complexity index is 1340. The molecule has 35 heavy (non-hydrogen) atoms. The molecule has 4 rings (SSSR count). The van der Waals surface area contributed by atoms with Crippen LogP contribution in [0.25, 0.3) is 6.08 Å². The van der Waals surface area contributed by atoms with Gasteiger partial charge in [-0.15, -0.1) is 0 Å². The van der Waals surface area contributed by atoms with Gasteiger partial charge in [-0.25, -0.2) is 14.0 Å². The van der Waals surface area contributed by atoms with Crippen LogP contribution < -0.4 is 10.1 Å². The molecule has 0 aliphatic carbocycles. The number of urea groups is 1. The second kappa shape index (κ2) is 10.7. The van der Waals surface area contributed by atoms with Gasteiger partial charge in [-0.1, -0.05) is 30.3 Å². The molecule has 0 saturated carbocycles. The topological polar surface area (TPSA) is 95.9 Å². The summed E-state index contributed by atoms with van der Waals surface area (Å²) in [6, 6.07) is 15.5. The lowest BCUT2D eigenvalue weighted by Gasteiger charge is -2.12. The van der Waals surface area contributed by atoms with Crippen LogP contribution in [0.5, 0.6) is 5.75 Å². The second-order valence-electron chi connectivity index (χ2n) is 7.58. The molecule has 0 unspecified atom stereocenters. The highest BCUT2D eigenvalue weighted by molar-refractivity contribution is 14.1. The summed E-state index contributed by atoms with van der Waals surface area (Å²) in [4.78, 5) is 37.1. The zero-order valence-electron chi connectivity index (χ0n) is 17.9. The third-order valence-electron chi connectivity index (χ3n) is 5.16. The average Bonchev–Trinajstić information content (AvgIpc) is 3.07. The van der Waals surface area contributed by atoms with E-state index in [4.69, 9.17) is 9.84 Å². The Labute approximate surface area is 227 Å². The Balaban J connectivity index is 1.48. The van der Waals surface area contributed by atoms with Crippen molar-refractivity contribution in [2.75, 3.05) is 0 Å². The molecular weight excluding hydrogens is 681 g/mol. The highest BCUT2D eigenvalue weighted by atomic mass is 127. The van der Waals surface area contributed by atoms with Gasteiger partial charge in [0, 0.05) is 5.56 Å². The Morgan fingerprint density at radius 2 is 1.71 bits per heavy atom. The summed E-state index contributed by atoms with van der Waals surface area (Å²) >= 11 is 4.25. The van der Waals surface area contributed by atoms with Gasteiger partial charge in [-0.2, -0.15) is 0 Å². The van der Waals surface area contributed by atoms with Gasteiger partial charge >= 0.3 is 12.0 Å². The van der Waals surface area contributed by atoms with Crippen molar-refractivity contribution in [3.63, 3.8) is 0 Å². The molecule has 3 amide bonds. The number of nitrogens with one attached hydrogen (secondary N) is 1. The molecule has 3 aromatic rings. The van der Waals surface area contributed by atoms with Gasteiger partial charge in [-0.3, -0.25) is 9.69 Å². The summed E-state index contributed by atoms with van der Waals surface area (Å²) in [7, 11) is 0. The largest absolute Gasteiger partial charge is 0.487 e. The minimum atomic E-state index is -0.987. The van der Waals surface area contributed by atoms with Crippen molar-refractivity contribution in [3.8, 4) is 5.75 Å². The van der Waals surface area contributed by atoms with E-state index in [0.29, 0.717) is 11.3 Å². The molecule has 2 N–H and O–H groups in total. The standard InChI is InChI=1S/C25H17FI2N2O5/c26-18-4-2-1-3-17(18)12-30-23(31)21(29-25(30)34)11-15-9-19(27)22(20(28)10-15)35-13-14-5-7-16(8-6-14)24(32)33/h1-11H,12-13H2,(H,29,34)(H,32,33)/b21-11+. The van der Waals surface area contributed by atoms with Crippen LogP contribution >= 0.6 is 45.2 Å². The number of ether oxygens (including phenoxy) is 1. The maximum absolute atomic E-state index is 14.0. The lowest BCUT2D eigenvalue weighted by molar-refractivity contribution is -0.123. The predicted molar refractivity (Wildman–Crippen MR) is 143 cm³/mol. The van der Waals surface area contributed by atoms with Crippen LogP contribution in [-0.2, 0) is 17.9 Å². The van der Waals surface area contributed by atoms with Gasteiger partial charge in [0.25, 0.3) is 5.91 Å². The van der Waals surface area contributed by atoms with E-state index in [9.17, 15) is 18.8 Å². The summed E-state index contributed by atoms with van der Waals surface area (Å²) in [5, 5.41) is 11.6. The van der Waals surface area contributed by atoms with Crippen LogP contribution in [-0.4, -0.2) is 27.9 Å². The molecule has 3 aromatic carbocycles. The van der Waals surface area contributed by atoms with E-state index in [2.05, 4.69) is 50.5 Å². The van der Waals surface area contributed by atoms with E-state index < -0.39 is 23.7 Å². The monoisotopic (exact) mass is 698 g/mol. The Kier molecular flexibility index (Phi) is 7.69. The van der Waals surface area contributed by atoms with Gasteiger partial charge in [-0.05, 0) is 92.7 Å². The molecule has 178 valence electrons. The highest BCUT2D eigenvalue weighted by Crippen LogP contribution is 2.31. The zero-order valence-corrected chi connectivity index (χ0v) is 22.2. The predicted octanol–water partition coefficient (Wildman–Crippen LogP) is 5.41. The third kappa shape index (κ3) is 5.81. The first-order valence-electron chi connectivity index (χ1n) is 10.2. The zero-order chi connectivity index (χ0) is 25.1. The fraction of sp³-hybridized carbons (Fsp3) is 0.0800. The second-order valence-corrected chi connectivity index (χ2v) is 9.90. The molecule has 0 spiro atoms. The molecule has 0 radical (unpaired) electrons. The summed E-state index contributed by atoms with van der Waals surface area (Å²) in [6.07, 6.45) is 1.57. The maximum atomic E-state index is 14.0. The number of amides is 3. The van der Waals surface area contributed by atoms with E-state index in [1.54, 1.807) is 30.3 Å². The van der Waals surface area contributed by atoms with E-state index >= 15 is 0 Å². The van der Waals surface area contributed by atoms with Gasteiger partial charge in [0.05, 0.1) is 19.2 Å². The van der Waals surface area contributed by atoms with Crippen LogP contribution in [0.4, 0.5) is 9.18 Å². The van der Waals surface area contributed by atoms with Gasteiger partial charge in [0.2, 0.25) is 0 Å². The van der Waals surface area contributed by atoms with Crippen molar-refractivity contribution in [2.24, 2.45) is 0 Å². The number of rotatable bonds is 7. The lowest BCUT2D eigenvalue weighted by Crippen LogP contribution is -2.30. The average molecular weight is 698 g/mol. The minimum absolute atomic E-state index is 0.102.